The molecular formula is C21H29N3O6. The highest BCUT2D eigenvalue weighted by Crippen LogP contribution is 2.25. The molecule has 2 N–H and O–H groups in total. The van der Waals surface area contributed by atoms with E-state index in [4.69, 9.17) is 9.47 Å². The SMILES string of the molecule is CCOc1ccccc1NC(=O)COC(=O)CN1C(=O)N[C@](C)(CCC(C)C)C1=O. The molecule has 1 aromatic rings. The van der Waals surface area contributed by atoms with Crippen molar-refractivity contribution in [1.82, 2.24) is 10.2 Å². The fourth-order valence-corrected chi connectivity index (χ4v) is 3.00. The van der Waals surface area contributed by atoms with E-state index in [1.165, 1.54) is 0 Å². The molecule has 0 bridgehead atoms. The Balaban J connectivity index is 1.86. The van der Waals surface area contributed by atoms with Crippen LogP contribution in [0.1, 0.15) is 40.5 Å². The van der Waals surface area contributed by atoms with Gasteiger partial charge >= 0.3 is 12.0 Å². The van der Waals surface area contributed by atoms with Crippen LogP contribution in [0.2, 0.25) is 0 Å². The van der Waals surface area contributed by atoms with E-state index in [0.29, 0.717) is 30.4 Å². The Kier molecular flexibility index (Phi) is 7.79. The van der Waals surface area contributed by atoms with Crippen molar-refractivity contribution in [1.29, 1.82) is 0 Å². The molecule has 0 unspecified atom stereocenters. The number of rotatable bonds is 10. The zero-order valence-corrected chi connectivity index (χ0v) is 17.8. The molecule has 0 saturated carbocycles. The third-order valence-electron chi connectivity index (χ3n) is 4.68. The van der Waals surface area contributed by atoms with Gasteiger partial charge in [-0.3, -0.25) is 19.3 Å². The monoisotopic (exact) mass is 419 g/mol. The summed E-state index contributed by atoms with van der Waals surface area (Å²) in [6.45, 7) is 6.85. The molecule has 0 aliphatic carbocycles. The van der Waals surface area contributed by atoms with Gasteiger partial charge in [0.25, 0.3) is 11.8 Å². The fraction of sp³-hybridized carbons (Fsp3) is 0.524. The summed E-state index contributed by atoms with van der Waals surface area (Å²) in [5.41, 5.74) is -0.586. The summed E-state index contributed by atoms with van der Waals surface area (Å²) in [4.78, 5) is 49.8. The molecular weight excluding hydrogens is 390 g/mol. The number of carbonyl (C=O) groups is 4. The summed E-state index contributed by atoms with van der Waals surface area (Å²) in [6, 6.07) is 6.24. The first kappa shape index (κ1) is 23.2. The Morgan fingerprint density at radius 2 is 1.93 bits per heavy atom. The molecule has 0 radical (unpaired) electrons. The van der Waals surface area contributed by atoms with Crippen molar-refractivity contribution < 1.29 is 28.7 Å². The number of hydrogen-bond donors (Lipinski definition) is 2. The average Bonchev–Trinajstić information content (AvgIpc) is 2.90. The highest BCUT2D eigenvalue weighted by Gasteiger charge is 2.48. The van der Waals surface area contributed by atoms with Crippen LogP contribution in [0.3, 0.4) is 0 Å². The van der Waals surface area contributed by atoms with E-state index < -0.39 is 42.5 Å². The molecule has 1 aliphatic rings. The number of imide groups is 1. The van der Waals surface area contributed by atoms with Gasteiger partial charge in [-0.25, -0.2) is 4.79 Å². The molecule has 1 aliphatic heterocycles. The maximum atomic E-state index is 12.6. The molecule has 9 heteroatoms. The predicted molar refractivity (Wildman–Crippen MR) is 110 cm³/mol. The van der Waals surface area contributed by atoms with Crippen molar-refractivity contribution in [3.8, 4) is 5.75 Å². The van der Waals surface area contributed by atoms with Crippen LogP contribution in [0.15, 0.2) is 24.3 Å². The van der Waals surface area contributed by atoms with Crippen molar-refractivity contribution in [2.24, 2.45) is 5.92 Å². The molecule has 30 heavy (non-hydrogen) atoms. The zero-order chi connectivity index (χ0) is 22.3. The minimum Gasteiger partial charge on any atom is -0.492 e. The quantitative estimate of drug-likeness (QED) is 0.444. The molecule has 1 aromatic carbocycles. The van der Waals surface area contributed by atoms with Gasteiger partial charge in [0.2, 0.25) is 0 Å². The Morgan fingerprint density at radius 1 is 1.23 bits per heavy atom. The molecule has 1 fully saturated rings. The van der Waals surface area contributed by atoms with Crippen molar-refractivity contribution in [2.45, 2.75) is 46.1 Å². The largest absolute Gasteiger partial charge is 0.492 e. The summed E-state index contributed by atoms with van der Waals surface area (Å²) < 4.78 is 10.4. The maximum Gasteiger partial charge on any atom is 0.326 e. The maximum absolute atomic E-state index is 12.6. The number of anilines is 1. The van der Waals surface area contributed by atoms with E-state index in [0.717, 1.165) is 11.3 Å². The summed E-state index contributed by atoms with van der Waals surface area (Å²) in [7, 11) is 0. The standard InChI is InChI=1S/C21H29N3O6/c1-5-29-16-9-7-6-8-15(16)22-17(25)13-30-18(26)12-24-19(27)21(4,23-20(24)28)11-10-14(2)3/h6-9,14H,5,10-13H2,1-4H3,(H,22,25)(H,23,28)/t21-/m1/s1. The zero-order valence-electron chi connectivity index (χ0n) is 17.8. The molecule has 4 amide bonds. The van der Waals surface area contributed by atoms with Crippen LogP contribution in [0, 0.1) is 5.92 Å². The van der Waals surface area contributed by atoms with Crippen LogP contribution in [0.4, 0.5) is 10.5 Å². The number of carbonyl (C=O) groups excluding carboxylic acids is 4. The van der Waals surface area contributed by atoms with E-state index in [2.05, 4.69) is 10.6 Å². The lowest BCUT2D eigenvalue weighted by molar-refractivity contribution is -0.150. The van der Waals surface area contributed by atoms with E-state index >= 15 is 0 Å². The van der Waals surface area contributed by atoms with Gasteiger partial charge in [-0.15, -0.1) is 0 Å². The number of para-hydroxylation sites is 2. The van der Waals surface area contributed by atoms with Crippen LogP contribution in [0.5, 0.6) is 5.75 Å². The third kappa shape index (κ3) is 5.95. The first-order chi connectivity index (χ1) is 14.2. The van der Waals surface area contributed by atoms with Crippen molar-refractivity contribution in [2.75, 3.05) is 25.1 Å². The van der Waals surface area contributed by atoms with Gasteiger partial charge in [-0.05, 0) is 44.7 Å². The molecule has 9 nitrogen and oxygen atoms in total. The second-order valence-corrected chi connectivity index (χ2v) is 7.72. The van der Waals surface area contributed by atoms with Gasteiger partial charge in [0.1, 0.15) is 17.8 Å². The number of benzene rings is 1. The lowest BCUT2D eigenvalue weighted by Gasteiger charge is -2.22. The van der Waals surface area contributed by atoms with Crippen LogP contribution in [-0.2, 0) is 19.1 Å². The highest BCUT2D eigenvalue weighted by atomic mass is 16.5. The Labute approximate surface area is 176 Å². The van der Waals surface area contributed by atoms with Crippen LogP contribution in [0.25, 0.3) is 0 Å². The Bertz CT molecular complexity index is 810. The lowest BCUT2D eigenvalue weighted by Crippen LogP contribution is -2.44. The van der Waals surface area contributed by atoms with Gasteiger partial charge in [0.15, 0.2) is 6.61 Å². The van der Waals surface area contributed by atoms with E-state index in [-0.39, 0.29) is 0 Å². The first-order valence-electron chi connectivity index (χ1n) is 9.97. The van der Waals surface area contributed by atoms with Gasteiger partial charge in [-0.1, -0.05) is 26.0 Å². The number of esters is 1. The van der Waals surface area contributed by atoms with Crippen LogP contribution >= 0.6 is 0 Å². The van der Waals surface area contributed by atoms with Crippen molar-refractivity contribution >= 4 is 29.5 Å². The number of nitrogens with one attached hydrogen (secondary N) is 2. The van der Waals surface area contributed by atoms with Gasteiger partial charge < -0.3 is 20.1 Å². The van der Waals surface area contributed by atoms with Gasteiger partial charge in [-0.2, -0.15) is 0 Å². The molecule has 0 aromatic heterocycles. The Morgan fingerprint density at radius 3 is 2.60 bits per heavy atom. The van der Waals surface area contributed by atoms with E-state index in [1.807, 2.05) is 20.8 Å². The summed E-state index contributed by atoms with van der Waals surface area (Å²) in [5.74, 6) is -1.01. The molecule has 1 atom stereocenters. The molecule has 1 saturated heterocycles. The second kappa shape index (κ2) is 10.1. The van der Waals surface area contributed by atoms with Crippen molar-refractivity contribution in [3.63, 3.8) is 0 Å². The molecule has 2 rings (SSSR count). The summed E-state index contributed by atoms with van der Waals surface area (Å²) in [6.07, 6.45) is 1.23. The number of hydrogen-bond acceptors (Lipinski definition) is 6. The highest BCUT2D eigenvalue weighted by molar-refractivity contribution is 6.08. The topological polar surface area (TPSA) is 114 Å². The predicted octanol–water partition coefficient (Wildman–Crippen LogP) is 2.31. The first-order valence-corrected chi connectivity index (χ1v) is 9.97. The second-order valence-electron chi connectivity index (χ2n) is 7.72. The Hall–Kier alpha value is -3.10. The summed E-state index contributed by atoms with van der Waals surface area (Å²) >= 11 is 0. The van der Waals surface area contributed by atoms with Crippen LogP contribution < -0.4 is 15.4 Å². The number of nitrogens with zero attached hydrogens (tertiary/aromatic N) is 1. The van der Waals surface area contributed by atoms with Gasteiger partial charge in [0.05, 0.1) is 12.3 Å². The summed E-state index contributed by atoms with van der Waals surface area (Å²) in [5, 5.41) is 5.24. The van der Waals surface area contributed by atoms with Gasteiger partial charge in [0, 0.05) is 0 Å². The fourth-order valence-electron chi connectivity index (χ4n) is 3.00. The van der Waals surface area contributed by atoms with Crippen molar-refractivity contribution in [3.05, 3.63) is 24.3 Å². The lowest BCUT2D eigenvalue weighted by atomic mass is 9.92. The van der Waals surface area contributed by atoms with E-state index in [9.17, 15) is 19.2 Å². The molecule has 0 spiro atoms. The van der Waals surface area contributed by atoms with Crippen LogP contribution in [-0.4, -0.2) is 54.0 Å². The minimum atomic E-state index is -1.04. The molecule has 164 valence electrons. The minimum absolute atomic E-state index is 0.372. The smallest absolute Gasteiger partial charge is 0.326 e. The average molecular weight is 419 g/mol. The third-order valence-corrected chi connectivity index (χ3v) is 4.68. The number of urea groups is 1. The number of amides is 4. The normalized spacial score (nSPS) is 18.4. The molecule has 1 heterocycles. The van der Waals surface area contributed by atoms with E-state index in [1.54, 1.807) is 31.2 Å². The number of ether oxygens (including phenoxy) is 2.